The summed E-state index contributed by atoms with van der Waals surface area (Å²) in [6, 6.07) is 22.3. The van der Waals surface area contributed by atoms with Gasteiger partial charge in [-0.25, -0.2) is 0 Å². The third-order valence-corrected chi connectivity index (χ3v) is 6.49. The van der Waals surface area contributed by atoms with Crippen molar-refractivity contribution in [3.8, 4) is 27.3 Å². The molecule has 0 aliphatic rings. The average molecular weight is 397 g/mol. The summed E-state index contributed by atoms with van der Waals surface area (Å²) in [5.41, 5.74) is 4.51. The Hall–Kier alpha value is -3.37. The van der Waals surface area contributed by atoms with Crippen LogP contribution in [0.25, 0.3) is 42.6 Å². The van der Waals surface area contributed by atoms with E-state index in [1.807, 2.05) is 43.5 Å². The van der Waals surface area contributed by atoms with Gasteiger partial charge in [0.15, 0.2) is 5.43 Å². The Labute approximate surface area is 172 Å². The molecule has 0 atom stereocenters. The van der Waals surface area contributed by atoms with Crippen LogP contribution in [0.3, 0.4) is 0 Å². The second-order valence-electron chi connectivity index (χ2n) is 7.09. The molecule has 5 rings (SSSR count). The molecular formula is C25H19NO2S. The topological polar surface area (TPSA) is 42.1 Å². The van der Waals surface area contributed by atoms with Gasteiger partial charge in [0.2, 0.25) is 0 Å². The smallest absolute Gasteiger partial charge is 0.197 e. The number of nitrogens with one attached hydrogen (secondary N) is 1. The lowest BCUT2D eigenvalue weighted by atomic mass is 9.99. The van der Waals surface area contributed by atoms with Gasteiger partial charge in [-0.15, -0.1) is 11.3 Å². The molecule has 142 valence electrons. The summed E-state index contributed by atoms with van der Waals surface area (Å²) in [7, 11) is 1.64. The number of pyridine rings is 1. The maximum absolute atomic E-state index is 13.4. The molecule has 0 amide bonds. The molecule has 0 saturated heterocycles. The molecule has 5 aromatic rings. The fourth-order valence-electron chi connectivity index (χ4n) is 3.80. The lowest BCUT2D eigenvalue weighted by Crippen LogP contribution is -2.08. The SMILES string of the molecule is COc1ccc(-c2c[nH]c3c(-c4cc5ccccc5s4)ccc(C)c3c2=O)cc1. The van der Waals surface area contributed by atoms with Gasteiger partial charge in [-0.2, -0.15) is 0 Å². The highest BCUT2D eigenvalue weighted by molar-refractivity contribution is 7.22. The third kappa shape index (κ3) is 2.93. The number of rotatable bonds is 3. The van der Waals surface area contributed by atoms with Gasteiger partial charge in [0.25, 0.3) is 0 Å². The van der Waals surface area contributed by atoms with Gasteiger partial charge in [0.05, 0.1) is 12.6 Å². The second-order valence-corrected chi connectivity index (χ2v) is 8.17. The van der Waals surface area contributed by atoms with E-state index in [1.165, 1.54) is 10.1 Å². The first kappa shape index (κ1) is 17.7. The Kier molecular flexibility index (Phi) is 4.22. The minimum atomic E-state index is 0.0457. The van der Waals surface area contributed by atoms with Crippen molar-refractivity contribution in [2.45, 2.75) is 6.92 Å². The van der Waals surface area contributed by atoms with Crippen molar-refractivity contribution in [1.82, 2.24) is 4.98 Å². The molecule has 0 unspecified atom stereocenters. The van der Waals surface area contributed by atoms with E-state index in [0.717, 1.165) is 38.2 Å². The van der Waals surface area contributed by atoms with Gasteiger partial charge in [-0.3, -0.25) is 4.79 Å². The van der Waals surface area contributed by atoms with Crippen molar-refractivity contribution < 1.29 is 4.74 Å². The maximum atomic E-state index is 13.4. The minimum absolute atomic E-state index is 0.0457. The van der Waals surface area contributed by atoms with E-state index < -0.39 is 0 Å². The molecule has 29 heavy (non-hydrogen) atoms. The van der Waals surface area contributed by atoms with E-state index in [4.69, 9.17) is 4.74 Å². The Morgan fingerprint density at radius 3 is 2.48 bits per heavy atom. The molecule has 3 nitrogen and oxygen atoms in total. The van der Waals surface area contributed by atoms with E-state index in [2.05, 4.69) is 41.4 Å². The first-order chi connectivity index (χ1) is 14.2. The van der Waals surface area contributed by atoms with Crippen molar-refractivity contribution in [2.24, 2.45) is 0 Å². The molecule has 4 heteroatoms. The number of methoxy groups -OCH3 is 1. The van der Waals surface area contributed by atoms with Crippen molar-refractivity contribution in [2.75, 3.05) is 7.11 Å². The van der Waals surface area contributed by atoms with Crippen LogP contribution in [0.4, 0.5) is 0 Å². The zero-order valence-corrected chi connectivity index (χ0v) is 17.0. The largest absolute Gasteiger partial charge is 0.497 e. The molecular weight excluding hydrogens is 378 g/mol. The van der Waals surface area contributed by atoms with Gasteiger partial charge in [0.1, 0.15) is 5.75 Å². The lowest BCUT2D eigenvalue weighted by Gasteiger charge is -2.10. The zero-order chi connectivity index (χ0) is 20.0. The number of hydrogen-bond donors (Lipinski definition) is 1. The summed E-state index contributed by atoms with van der Waals surface area (Å²) < 4.78 is 6.47. The van der Waals surface area contributed by atoms with Gasteiger partial charge >= 0.3 is 0 Å². The minimum Gasteiger partial charge on any atom is -0.497 e. The van der Waals surface area contributed by atoms with Crippen LogP contribution in [0, 0.1) is 6.92 Å². The maximum Gasteiger partial charge on any atom is 0.197 e. The molecule has 0 spiro atoms. The molecule has 2 aromatic heterocycles. The highest BCUT2D eigenvalue weighted by atomic mass is 32.1. The number of fused-ring (bicyclic) bond motifs is 2. The van der Waals surface area contributed by atoms with Crippen LogP contribution in [0.1, 0.15) is 5.56 Å². The van der Waals surface area contributed by atoms with E-state index in [0.29, 0.717) is 5.56 Å². The van der Waals surface area contributed by atoms with Crippen LogP contribution < -0.4 is 10.2 Å². The highest BCUT2D eigenvalue weighted by Crippen LogP contribution is 2.37. The fourth-order valence-corrected chi connectivity index (χ4v) is 4.89. The summed E-state index contributed by atoms with van der Waals surface area (Å²) in [5.74, 6) is 0.772. The van der Waals surface area contributed by atoms with Crippen LogP contribution in [-0.2, 0) is 0 Å². The summed E-state index contributed by atoms with van der Waals surface area (Å²) in [6.45, 7) is 1.99. The predicted octanol–water partition coefficient (Wildman–Crippen LogP) is 6.39. The van der Waals surface area contributed by atoms with Crippen molar-refractivity contribution >= 4 is 32.3 Å². The molecule has 1 N–H and O–H groups in total. The first-order valence-corrected chi connectivity index (χ1v) is 10.3. The lowest BCUT2D eigenvalue weighted by molar-refractivity contribution is 0.415. The molecule has 0 aliphatic heterocycles. The monoisotopic (exact) mass is 397 g/mol. The van der Waals surface area contributed by atoms with E-state index in [1.54, 1.807) is 18.4 Å². The van der Waals surface area contributed by atoms with E-state index >= 15 is 0 Å². The van der Waals surface area contributed by atoms with Crippen LogP contribution >= 0.6 is 11.3 Å². The number of hydrogen-bond acceptors (Lipinski definition) is 3. The second kappa shape index (κ2) is 6.90. The van der Waals surface area contributed by atoms with Crippen LogP contribution in [0.15, 0.2) is 77.7 Å². The average Bonchev–Trinajstić information content (AvgIpc) is 3.18. The Balaban J connectivity index is 1.73. The van der Waals surface area contributed by atoms with E-state index in [-0.39, 0.29) is 5.43 Å². The molecule has 2 heterocycles. The number of aromatic nitrogens is 1. The fraction of sp³-hybridized carbons (Fsp3) is 0.0800. The molecule has 0 aliphatic carbocycles. The number of aromatic amines is 1. The van der Waals surface area contributed by atoms with Crippen molar-refractivity contribution in [3.63, 3.8) is 0 Å². The van der Waals surface area contributed by atoms with Crippen molar-refractivity contribution in [3.05, 3.63) is 88.7 Å². The Bertz CT molecular complexity index is 1380. The van der Waals surface area contributed by atoms with Crippen LogP contribution in [-0.4, -0.2) is 12.1 Å². The van der Waals surface area contributed by atoms with Gasteiger partial charge in [0, 0.05) is 32.3 Å². The summed E-state index contributed by atoms with van der Waals surface area (Å²) in [5, 5.41) is 1.96. The Morgan fingerprint density at radius 2 is 1.72 bits per heavy atom. The first-order valence-electron chi connectivity index (χ1n) is 9.44. The molecule has 3 aromatic carbocycles. The third-order valence-electron chi connectivity index (χ3n) is 5.34. The van der Waals surface area contributed by atoms with Crippen LogP contribution in [0.2, 0.25) is 0 Å². The zero-order valence-electron chi connectivity index (χ0n) is 16.2. The molecule has 0 bridgehead atoms. The summed E-state index contributed by atoms with van der Waals surface area (Å²) in [6.07, 6.45) is 1.82. The number of aryl methyl sites for hydroxylation is 1. The highest BCUT2D eigenvalue weighted by Gasteiger charge is 2.15. The molecule has 0 fully saturated rings. The van der Waals surface area contributed by atoms with Gasteiger partial charge in [-0.1, -0.05) is 42.5 Å². The van der Waals surface area contributed by atoms with Crippen LogP contribution in [0.5, 0.6) is 5.75 Å². The van der Waals surface area contributed by atoms with Crippen molar-refractivity contribution in [1.29, 1.82) is 0 Å². The number of H-pyrrole nitrogens is 1. The van der Waals surface area contributed by atoms with E-state index in [9.17, 15) is 4.79 Å². The van der Waals surface area contributed by atoms with Gasteiger partial charge < -0.3 is 9.72 Å². The number of ether oxygens (including phenoxy) is 1. The predicted molar refractivity (Wildman–Crippen MR) is 122 cm³/mol. The number of thiophene rings is 1. The number of benzene rings is 3. The standard InChI is InChI=1S/C25H19NO2S/c1-15-7-12-19(22-13-17-5-3-4-6-21(17)29-22)24-23(15)25(27)20(14-26-24)16-8-10-18(28-2)11-9-16/h3-14H,1-2H3,(H,26,27). The summed E-state index contributed by atoms with van der Waals surface area (Å²) >= 11 is 1.75. The Morgan fingerprint density at radius 1 is 0.931 bits per heavy atom. The molecule has 0 radical (unpaired) electrons. The summed E-state index contributed by atoms with van der Waals surface area (Å²) in [4.78, 5) is 18.0. The van der Waals surface area contributed by atoms with Gasteiger partial charge in [-0.05, 0) is 47.7 Å². The quantitative estimate of drug-likeness (QED) is 0.383. The normalized spacial score (nSPS) is 11.2. The molecule has 0 saturated carbocycles.